The maximum atomic E-state index is 11.5. The Morgan fingerprint density at radius 1 is 0.846 bits per heavy atom. The number of hydrogen-bond donors (Lipinski definition) is 2. The predicted molar refractivity (Wildman–Crippen MR) is 102 cm³/mol. The lowest BCUT2D eigenvalue weighted by atomic mass is 10.0. The molecular formula is C22H17NO3. The molecule has 0 bridgehead atoms. The molecule has 1 heterocycles. The molecule has 0 amide bonds. The van der Waals surface area contributed by atoms with Gasteiger partial charge in [0.2, 0.25) is 0 Å². The Labute approximate surface area is 150 Å². The van der Waals surface area contributed by atoms with Crippen molar-refractivity contribution in [2.45, 2.75) is 6.42 Å². The van der Waals surface area contributed by atoms with E-state index in [1.54, 1.807) is 12.1 Å². The molecule has 0 atom stereocenters. The average Bonchev–Trinajstić information content (AvgIpc) is 2.97. The van der Waals surface area contributed by atoms with E-state index in [4.69, 9.17) is 0 Å². The van der Waals surface area contributed by atoms with Crippen molar-refractivity contribution in [1.82, 2.24) is 4.57 Å². The number of carboxylic acids is 1. The van der Waals surface area contributed by atoms with Crippen molar-refractivity contribution >= 4 is 16.9 Å². The van der Waals surface area contributed by atoms with Gasteiger partial charge in [-0.3, -0.25) is 4.79 Å². The first-order valence-electron chi connectivity index (χ1n) is 8.34. The molecule has 0 spiro atoms. The minimum absolute atomic E-state index is 0.0597. The van der Waals surface area contributed by atoms with E-state index in [0.29, 0.717) is 0 Å². The largest absolute Gasteiger partial charge is 0.508 e. The highest BCUT2D eigenvalue weighted by Gasteiger charge is 2.21. The zero-order chi connectivity index (χ0) is 18.1. The third kappa shape index (κ3) is 2.71. The molecule has 4 heteroatoms. The van der Waals surface area contributed by atoms with Crippen LogP contribution < -0.4 is 0 Å². The number of aliphatic carboxylic acids is 1. The van der Waals surface area contributed by atoms with E-state index in [9.17, 15) is 15.0 Å². The van der Waals surface area contributed by atoms with Crippen molar-refractivity contribution in [2.75, 3.05) is 0 Å². The van der Waals surface area contributed by atoms with Crippen LogP contribution in [0.5, 0.6) is 5.75 Å². The Hall–Kier alpha value is -3.53. The van der Waals surface area contributed by atoms with Gasteiger partial charge in [0.25, 0.3) is 0 Å². The highest BCUT2D eigenvalue weighted by molar-refractivity contribution is 5.96. The van der Waals surface area contributed by atoms with Gasteiger partial charge in [0.1, 0.15) is 5.75 Å². The summed E-state index contributed by atoms with van der Waals surface area (Å²) >= 11 is 0. The summed E-state index contributed by atoms with van der Waals surface area (Å²) in [6.07, 6.45) is -0.0597. The number of phenols is 1. The molecule has 2 N–H and O–H groups in total. The molecule has 0 saturated carbocycles. The molecule has 26 heavy (non-hydrogen) atoms. The molecule has 0 radical (unpaired) electrons. The van der Waals surface area contributed by atoms with Crippen LogP contribution in [0.1, 0.15) is 5.56 Å². The van der Waals surface area contributed by atoms with Crippen LogP contribution in [0.2, 0.25) is 0 Å². The monoisotopic (exact) mass is 343 g/mol. The second kappa shape index (κ2) is 6.41. The van der Waals surface area contributed by atoms with E-state index in [0.717, 1.165) is 33.4 Å². The zero-order valence-corrected chi connectivity index (χ0v) is 14.0. The van der Waals surface area contributed by atoms with E-state index in [-0.39, 0.29) is 12.2 Å². The minimum Gasteiger partial charge on any atom is -0.508 e. The summed E-state index contributed by atoms with van der Waals surface area (Å²) in [5.41, 5.74) is 4.41. The van der Waals surface area contributed by atoms with Gasteiger partial charge in [-0.25, -0.2) is 0 Å². The van der Waals surface area contributed by atoms with Crippen LogP contribution >= 0.6 is 0 Å². The maximum absolute atomic E-state index is 11.5. The van der Waals surface area contributed by atoms with Crippen molar-refractivity contribution in [3.05, 3.63) is 84.4 Å². The smallest absolute Gasteiger partial charge is 0.307 e. The van der Waals surface area contributed by atoms with Gasteiger partial charge in [0.05, 0.1) is 17.6 Å². The molecule has 0 aliphatic rings. The lowest BCUT2D eigenvalue weighted by Gasteiger charge is -2.13. The van der Waals surface area contributed by atoms with Crippen molar-refractivity contribution in [3.63, 3.8) is 0 Å². The molecule has 1 aromatic heterocycles. The van der Waals surface area contributed by atoms with Crippen molar-refractivity contribution in [3.8, 4) is 22.7 Å². The van der Waals surface area contributed by atoms with Crippen molar-refractivity contribution in [2.24, 2.45) is 0 Å². The Bertz CT molecular complexity index is 1080. The fourth-order valence-corrected chi connectivity index (χ4v) is 3.41. The number of rotatable bonds is 4. The Morgan fingerprint density at radius 3 is 2.19 bits per heavy atom. The topological polar surface area (TPSA) is 62.5 Å². The van der Waals surface area contributed by atoms with Crippen LogP contribution in [0.25, 0.3) is 27.8 Å². The summed E-state index contributed by atoms with van der Waals surface area (Å²) < 4.78 is 2.06. The number of aromatic nitrogens is 1. The molecule has 0 saturated heterocycles. The van der Waals surface area contributed by atoms with E-state index in [1.807, 2.05) is 66.7 Å². The number of phenolic OH excluding ortho intramolecular Hbond substituents is 1. The predicted octanol–water partition coefficient (Wildman–Crippen LogP) is 4.63. The summed E-state index contributed by atoms with van der Waals surface area (Å²) in [4.78, 5) is 11.5. The SMILES string of the molecule is O=C(O)Cc1c(-c2ccccc2)n(-c2ccc(O)cc2)c2ccccc12. The van der Waals surface area contributed by atoms with E-state index in [2.05, 4.69) is 4.57 Å². The number of benzene rings is 3. The normalized spacial score (nSPS) is 10.9. The van der Waals surface area contributed by atoms with E-state index in [1.165, 1.54) is 0 Å². The van der Waals surface area contributed by atoms with Gasteiger partial charge >= 0.3 is 5.97 Å². The molecule has 4 rings (SSSR count). The fourth-order valence-electron chi connectivity index (χ4n) is 3.41. The molecule has 0 aliphatic carbocycles. The van der Waals surface area contributed by atoms with E-state index >= 15 is 0 Å². The average molecular weight is 343 g/mol. The molecule has 3 aromatic carbocycles. The number of hydrogen-bond acceptors (Lipinski definition) is 2. The summed E-state index contributed by atoms with van der Waals surface area (Å²) in [7, 11) is 0. The number of para-hydroxylation sites is 1. The summed E-state index contributed by atoms with van der Waals surface area (Å²) in [6.45, 7) is 0. The quantitative estimate of drug-likeness (QED) is 0.568. The van der Waals surface area contributed by atoms with Gasteiger partial charge in [0, 0.05) is 11.1 Å². The van der Waals surface area contributed by atoms with Crippen LogP contribution in [0.4, 0.5) is 0 Å². The molecular weight excluding hydrogens is 326 g/mol. The molecule has 0 unspecified atom stereocenters. The molecule has 4 aromatic rings. The third-order valence-electron chi connectivity index (χ3n) is 4.46. The van der Waals surface area contributed by atoms with Gasteiger partial charge in [-0.05, 0) is 41.5 Å². The molecule has 0 aliphatic heterocycles. The second-order valence-electron chi connectivity index (χ2n) is 6.13. The first kappa shape index (κ1) is 16.0. The van der Waals surface area contributed by atoms with Gasteiger partial charge in [-0.1, -0.05) is 48.5 Å². The molecule has 4 nitrogen and oxygen atoms in total. The van der Waals surface area contributed by atoms with E-state index < -0.39 is 5.97 Å². The summed E-state index contributed by atoms with van der Waals surface area (Å²) in [6, 6.07) is 24.5. The number of carboxylic acid groups (broad SMARTS) is 1. The first-order valence-corrected chi connectivity index (χ1v) is 8.34. The van der Waals surface area contributed by atoms with Gasteiger partial charge in [-0.15, -0.1) is 0 Å². The number of aromatic hydroxyl groups is 1. The second-order valence-corrected chi connectivity index (χ2v) is 6.13. The van der Waals surface area contributed by atoms with Crippen LogP contribution in [0.15, 0.2) is 78.9 Å². The Kier molecular flexibility index (Phi) is 3.93. The van der Waals surface area contributed by atoms with Gasteiger partial charge in [-0.2, -0.15) is 0 Å². The third-order valence-corrected chi connectivity index (χ3v) is 4.46. The fraction of sp³-hybridized carbons (Fsp3) is 0.0455. The highest BCUT2D eigenvalue weighted by atomic mass is 16.4. The standard InChI is InChI=1S/C22H17NO3/c24-17-12-10-16(11-13-17)23-20-9-5-4-8-18(20)19(14-21(25)26)22(23)15-6-2-1-3-7-15/h1-13,24H,14H2,(H,25,26). The maximum Gasteiger partial charge on any atom is 0.307 e. The van der Waals surface area contributed by atoms with Crippen LogP contribution in [0, 0.1) is 0 Å². The summed E-state index contributed by atoms with van der Waals surface area (Å²) in [5.74, 6) is -0.673. The minimum atomic E-state index is -0.865. The number of carbonyl (C=O) groups is 1. The highest BCUT2D eigenvalue weighted by Crippen LogP contribution is 2.37. The van der Waals surface area contributed by atoms with Crippen LogP contribution in [0.3, 0.4) is 0 Å². The Morgan fingerprint density at radius 2 is 1.50 bits per heavy atom. The van der Waals surface area contributed by atoms with Crippen molar-refractivity contribution < 1.29 is 15.0 Å². The number of nitrogens with zero attached hydrogens (tertiary/aromatic N) is 1. The number of fused-ring (bicyclic) bond motifs is 1. The van der Waals surface area contributed by atoms with Crippen molar-refractivity contribution in [1.29, 1.82) is 0 Å². The Balaban J connectivity index is 2.11. The van der Waals surface area contributed by atoms with Gasteiger partial charge < -0.3 is 14.8 Å². The van der Waals surface area contributed by atoms with Crippen LogP contribution in [-0.2, 0) is 11.2 Å². The first-order chi connectivity index (χ1) is 12.6. The lowest BCUT2D eigenvalue weighted by Crippen LogP contribution is -2.03. The summed E-state index contributed by atoms with van der Waals surface area (Å²) in [5, 5.41) is 20.0. The molecule has 0 fully saturated rings. The molecule has 128 valence electrons. The van der Waals surface area contributed by atoms with Gasteiger partial charge in [0.15, 0.2) is 0 Å². The lowest BCUT2D eigenvalue weighted by molar-refractivity contribution is -0.136. The zero-order valence-electron chi connectivity index (χ0n) is 14.0. The van der Waals surface area contributed by atoms with Crippen LogP contribution in [-0.4, -0.2) is 20.7 Å².